The van der Waals surface area contributed by atoms with Crippen LogP contribution in [-0.4, -0.2) is 29.4 Å². The van der Waals surface area contributed by atoms with Gasteiger partial charge in [0.25, 0.3) is 0 Å². The third-order valence-corrected chi connectivity index (χ3v) is 5.16. The second-order valence-electron chi connectivity index (χ2n) is 7.17. The number of benzene rings is 3. The minimum Gasteiger partial charge on any atom is -0.487 e. The number of hydrogen-bond donors (Lipinski definition) is 2. The van der Waals surface area contributed by atoms with Crippen molar-refractivity contribution < 1.29 is 9.84 Å². The predicted molar refractivity (Wildman–Crippen MR) is 124 cm³/mol. The number of nitrogens with zero attached hydrogens (tertiary/aromatic N) is 1. The van der Waals surface area contributed by atoms with E-state index in [1.165, 1.54) is 0 Å². The second kappa shape index (κ2) is 10.3. The molecule has 0 spiro atoms. The molecule has 2 N–H and O–H groups in total. The number of aliphatic hydroxyl groups excluding tert-OH is 1. The first-order valence-corrected chi connectivity index (χ1v) is 9.92. The van der Waals surface area contributed by atoms with Crippen LogP contribution in [0.15, 0.2) is 91.1 Å². The summed E-state index contributed by atoms with van der Waals surface area (Å²) in [5.41, 5.74) is 3.18. The van der Waals surface area contributed by atoms with Crippen LogP contribution >= 0.6 is 12.4 Å². The van der Waals surface area contributed by atoms with E-state index in [0.717, 1.165) is 27.8 Å². The first kappa shape index (κ1) is 21.9. The van der Waals surface area contributed by atoms with Crippen LogP contribution in [0.1, 0.15) is 17.2 Å². The highest BCUT2D eigenvalue weighted by atomic mass is 35.5. The van der Waals surface area contributed by atoms with Crippen molar-refractivity contribution in [2.45, 2.75) is 18.8 Å². The van der Waals surface area contributed by atoms with Gasteiger partial charge in [-0.1, -0.05) is 72.8 Å². The standard InChI is InChI=1S/C25H26N2O2.ClH/c1-26-17-22(28)24(20-11-6-3-7-12-20)27-16-15-21-13-8-14-23(25(21)27)29-18-19-9-4-2-5-10-19;/h2-16,22,24,26,28H,17-18H2,1H3;1H/t22-,24+;/m1./s1. The number of fused-ring (bicyclic) bond motifs is 1. The zero-order chi connectivity index (χ0) is 20.1. The quantitative estimate of drug-likeness (QED) is 0.428. The van der Waals surface area contributed by atoms with Gasteiger partial charge in [-0.3, -0.25) is 0 Å². The maximum atomic E-state index is 11.0. The minimum absolute atomic E-state index is 0. The first-order chi connectivity index (χ1) is 14.3. The average Bonchev–Trinajstić information content (AvgIpc) is 3.19. The molecule has 3 aromatic carbocycles. The number of aliphatic hydroxyl groups is 1. The van der Waals surface area contributed by atoms with E-state index < -0.39 is 6.10 Å². The molecular formula is C25H27ClN2O2. The van der Waals surface area contributed by atoms with Gasteiger partial charge in [-0.15, -0.1) is 12.4 Å². The summed E-state index contributed by atoms with van der Waals surface area (Å²) in [6.45, 7) is 0.993. The Morgan fingerprint density at radius 2 is 1.60 bits per heavy atom. The lowest BCUT2D eigenvalue weighted by Gasteiger charge is -2.26. The smallest absolute Gasteiger partial charge is 0.144 e. The SMILES string of the molecule is CNC[C@@H](O)[C@H](c1ccccc1)n1ccc2cccc(OCc3ccccc3)c21.Cl. The van der Waals surface area contributed by atoms with Crippen molar-refractivity contribution in [3.05, 3.63) is 102 Å². The van der Waals surface area contributed by atoms with E-state index in [4.69, 9.17) is 4.74 Å². The predicted octanol–water partition coefficient (Wildman–Crippen LogP) is 4.81. The van der Waals surface area contributed by atoms with Gasteiger partial charge >= 0.3 is 0 Å². The molecule has 0 aliphatic carbocycles. The molecule has 0 saturated heterocycles. The maximum absolute atomic E-state index is 11.0. The van der Waals surface area contributed by atoms with Crippen molar-refractivity contribution in [1.82, 2.24) is 9.88 Å². The summed E-state index contributed by atoms with van der Waals surface area (Å²) in [7, 11) is 1.85. The van der Waals surface area contributed by atoms with Gasteiger partial charge in [-0.2, -0.15) is 0 Å². The van der Waals surface area contributed by atoms with Crippen LogP contribution < -0.4 is 10.1 Å². The molecular weight excluding hydrogens is 396 g/mol. The molecule has 0 unspecified atom stereocenters. The molecule has 1 heterocycles. The number of ether oxygens (including phenoxy) is 1. The fourth-order valence-corrected chi connectivity index (χ4v) is 3.81. The Morgan fingerprint density at radius 3 is 2.30 bits per heavy atom. The molecule has 0 aliphatic heterocycles. The Hall–Kier alpha value is -2.79. The molecule has 2 atom stereocenters. The van der Waals surface area contributed by atoms with Crippen molar-refractivity contribution in [2.24, 2.45) is 0 Å². The molecule has 0 bridgehead atoms. The minimum atomic E-state index is -0.583. The summed E-state index contributed by atoms with van der Waals surface area (Å²) < 4.78 is 8.34. The van der Waals surface area contributed by atoms with Crippen molar-refractivity contribution in [3.63, 3.8) is 0 Å². The number of para-hydroxylation sites is 1. The van der Waals surface area contributed by atoms with Crippen LogP contribution in [0.5, 0.6) is 5.75 Å². The van der Waals surface area contributed by atoms with Gasteiger partial charge in [0.1, 0.15) is 12.4 Å². The monoisotopic (exact) mass is 422 g/mol. The van der Waals surface area contributed by atoms with E-state index in [-0.39, 0.29) is 18.4 Å². The van der Waals surface area contributed by atoms with E-state index in [2.05, 4.69) is 46.3 Å². The molecule has 0 aliphatic rings. The van der Waals surface area contributed by atoms with Crippen LogP contribution in [0.2, 0.25) is 0 Å². The van der Waals surface area contributed by atoms with Crippen molar-refractivity contribution in [1.29, 1.82) is 0 Å². The summed E-state index contributed by atoms with van der Waals surface area (Å²) in [5.74, 6) is 0.814. The highest BCUT2D eigenvalue weighted by Crippen LogP contribution is 2.33. The van der Waals surface area contributed by atoms with Crippen LogP contribution in [0.25, 0.3) is 10.9 Å². The highest BCUT2D eigenvalue weighted by Gasteiger charge is 2.24. The summed E-state index contributed by atoms with van der Waals surface area (Å²) >= 11 is 0. The van der Waals surface area contributed by atoms with E-state index in [0.29, 0.717) is 13.2 Å². The molecule has 0 saturated carbocycles. The molecule has 5 heteroatoms. The Kier molecular flexibility index (Phi) is 7.52. The zero-order valence-electron chi connectivity index (χ0n) is 16.9. The third-order valence-electron chi connectivity index (χ3n) is 5.16. The van der Waals surface area contributed by atoms with Crippen molar-refractivity contribution in [2.75, 3.05) is 13.6 Å². The van der Waals surface area contributed by atoms with E-state index in [1.807, 2.05) is 61.8 Å². The van der Waals surface area contributed by atoms with E-state index in [9.17, 15) is 5.11 Å². The number of nitrogens with one attached hydrogen (secondary N) is 1. The molecule has 4 aromatic rings. The van der Waals surface area contributed by atoms with Gasteiger partial charge in [-0.05, 0) is 30.3 Å². The summed E-state index contributed by atoms with van der Waals surface area (Å²) in [6, 6.07) is 28.2. The molecule has 1 aromatic heterocycles. The summed E-state index contributed by atoms with van der Waals surface area (Å²) in [6.07, 6.45) is 1.46. The van der Waals surface area contributed by atoms with Crippen LogP contribution in [-0.2, 0) is 6.61 Å². The van der Waals surface area contributed by atoms with Crippen LogP contribution in [0.3, 0.4) is 0 Å². The fourth-order valence-electron chi connectivity index (χ4n) is 3.81. The van der Waals surface area contributed by atoms with E-state index in [1.54, 1.807) is 0 Å². The van der Waals surface area contributed by atoms with Crippen LogP contribution in [0, 0.1) is 0 Å². The van der Waals surface area contributed by atoms with Gasteiger partial charge in [0.2, 0.25) is 0 Å². The Morgan fingerprint density at radius 1 is 0.900 bits per heavy atom. The van der Waals surface area contributed by atoms with E-state index >= 15 is 0 Å². The van der Waals surface area contributed by atoms with Crippen molar-refractivity contribution >= 4 is 23.3 Å². The zero-order valence-corrected chi connectivity index (χ0v) is 17.8. The third kappa shape index (κ3) is 4.68. The normalized spacial score (nSPS) is 12.9. The number of hydrogen-bond acceptors (Lipinski definition) is 3. The molecule has 0 radical (unpaired) electrons. The Balaban J connectivity index is 0.00000256. The van der Waals surface area contributed by atoms with Gasteiger partial charge in [0, 0.05) is 18.1 Å². The second-order valence-corrected chi connectivity index (χ2v) is 7.17. The van der Waals surface area contributed by atoms with Crippen molar-refractivity contribution in [3.8, 4) is 5.75 Å². The number of halogens is 1. The summed E-state index contributed by atoms with van der Waals surface area (Å²) in [5, 5.41) is 15.2. The molecule has 4 nitrogen and oxygen atoms in total. The van der Waals surface area contributed by atoms with Gasteiger partial charge in [-0.25, -0.2) is 0 Å². The molecule has 30 heavy (non-hydrogen) atoms. The molecule has 0 fully saturated rings. The fraction of sp³-hybridized carbons (Fsp3) is 0.200. The largest absolute Gasteiger partial charge is 0.487 e. The van der Waals surface area contributed by atoms with Crippen LogP contribution in [0.4, 0.5) is 0 Å². The van der Waals surface area contributed by atoms with Gasteiger partial charge < -0.3 is 19.7 Å². The lowest BCUT2D eigenvalue weighted by molar-refractivity contribution is 0.132. The number of aromatic nitrogens is 1. The summed E-state index contributed by atoms with van der Waals surface area (Å²) in [4.78, 5) is 0. The number of likely N-dealkylation sites (N-methyl/N-ethyl adjacent to an activating group) is 1. The highest BCUT2D eigenvalue weighted by molar-refractivity contribution is 5.86. The maximum Gasteiger partial charge on any atom is 0.144 e. The topological polar surface area (TPSA) is 46.4 Å². The Labute approximate surface area is 183 Å². The first-order valence-electron chi connectivity index (χ1n) is 9.92. The van der Waals surface area contributed by atoms with Gasteiger partial charge in [0.15, 0.2) is 0 Å². The lowest BCUT2D eigenvalue weighted by atomic mass is 10.0. The molecule has 156 valence electrons. The molecule has 0 amide bonds. The Bertz CT molecular complexity index is 1050. The number of rotatable bonds is 8. The van der Waals surface area contributed by atoms with Gasteiger partial charge in [0.05, 0.1) is 17.7 Å². The average molecular weight is 423 g/mol. The lowest BCUT2D eigenvalue weighted by Crippen LogP contribution is -2.33. The molecule has 4 rings (SSSR count).